The number of carbonyl (C=O) groups excluding carboxylic acids is 1. The second-order valence-electron chi connectivity index (χ2n) is 4.82. The van der Waals surface area contributed by atoms with Crippen molar-refractivity contribution in [1.29, 1.82) is 0 Å². The van der Waals surface area contributed by atoms with Crippen LogP contribution in [-0.2, 0) is 11.3 Å². The highest BCUT2D eigenvalue weighted by molar-refractivity contribution is 5.79. The van der Waals surface area contributed by atoms with Crippen LogP contribution in [0.25, 0.3) is 0 Å². The molecule has 0 radical (unpaired) electrons. The number of nitrogens with one attached hydrogen (secondary N) is 2. The first-order valence-corrected chi connectivity index (χ1v) is 6.84. The minimum Gasteiger partial charge on any atom is -0.497 e. The van der Waals surface area contributed by atoms with Gasteiger partial charge in [0.1, 0.15) is 18.0 Å². The van der Waals surface area contributed by atoms with Gasteiger partial charge in [-0.25, -0.2) is 0 Å². The maximum atomic E-state index is 11.8. The predicted molar refractivity (Wildman–Crippen MR) is 78.3 cm³/mol. The van der Waals surface area contributed by atoms with E-state index in [2.05, 4.69) is 5.32 Å². The van der Waals surface area contributed by atoms with Gasteiger partial charge in [0.2, 0.25) is 0 Å². The lowest BCUT2D eigenvalue weighted by Gasteiger charge is -2.22. The van der Waals surface area contributed by atoms with Crippen LogP contribution in [0.1, 0.15) is 19.4 Å². The second-order valence-corrected chi connectivity index (χ2v) is 4.82. The minimum absolute atomic E-state index is 0.0671. The van der Waals surface area contributed by atoms with Crippen LogP contribution in [0.2, 0.25) is 0 Å². The van der Waals surface area contributed by atoms with Gasteiger partial charge in [-0.15, -0.1) is 0 Å². The first-order chi connectivity index (χ1) is 9.53. The SMILES string of the molecule is CCNC(=O)[C@@H](C)[NH+](C)Cc1ccc(OC)cc1OC. The summed E-state index contributed by atoms with van der Waals surface area (Å²) < 4.78 is 10.6. The first kappa shape index (κ1) is 16.3. The van der Waals surface area contributed by atoms with Crippen molar-refractivity contribution >= 4 is 5.91 Å². The lowest BCUT2D eigenvalue weighted by Crippen LogP contribution is -3.12. The molecule has 1 rings (SSSR count). The fourth-order valence-electron chi connectivity index (χ4n) is 2.00. The summed E-state index contributed by atoms with van der Waals surface area (Å²) in [6.07, 6.45) is 0. The summed E-state index contributed by atoms with van der Waals surface area (Å²) in [5.41, 5.74) is 1.06. The molecule has 1 amide bonds. The third-order valence-corrected chi connectivity index (χ3v) is 3.45. The normalized spacial score (nSPS) is 13.4. The zero-order chi connectivity index (χ0) is 15.1. The molecular weight excluding hydrogens is 256 g/mol. The Labute approximate surface area is 120 Å². The number of likely N-dealkylation sites (N-methyl/N-ethyl adjacent to an activating group) is 2. The van der Waals surface area contributed by atoms with Gasteiger partial charge in [-0.05, 0) is 26.0 Å². The number of methoxy groups -OCH3 is 2. The van der Waals surface area contributed by atoms with Crippen LogP contribution in [0.5, 0.6) is 11.5 Å². The summed E-state index contributed by atoms with van der Waals surface area (Å²) in [5, 5.41) is 2.85. The number of carbonyl (C=O) groups is 1. The fraction of sp³-hybridized carbons (Fsp3) is 0.533. The van der Waals surface area contributed by atoms with E-state index in [1.165, 1.54) is 0 Å². The topological polar surface area (TPSA) is 52.0 Å². The Hall–Kier alpha value is -1.75. The van der Waals surface area contributed by atoms with E-state index in [1.807, 2.05) is 39.1 Å². The van der Waals surface area contributed by atoms with Gasteiger partial charge in [0.25, 0.3) is 5.91 Å². The molecule has 0 aliphatic rings. The molecular formula is C15H25N2O3+. The van der Waals surface area contributed by atoms with Crippen molar-refractivity contribution < 1.29 is 19.2 Å². The highest BCUT2D eigenvalue weighted by Gasteiger charge is 2.22. The Balaban J connectivity index is 2.79. The van der Waals surface area contributed by atoms with E-state index in [9.17, 15) is 4.79 Å². The van der Waals surface area contributed by atoms with Crippen LogP contribution in [0.4, 0.5) is 0 Å². The first-order valence-electron chi connectivity index (χ1n) is 6.84. The number of hydrogen-bond acceptors (Lipinski definition) is 3. The molecule has 1 unspecified atom stereocenters. The third kappa shape index (κ3) is 4.13. The molecule has 0 aliphatic heterocycles. The highest BCUT2D eigenvalue weighted by atomic mass is 16.5. The van der Waals surface area contributed by atoms with E-state index < -0.39 is 0 Å². The summed E-state index contributed by atoms with van der Waals surface area (Å²) in [6.45, 7) is 5.22. The van der Waals surface area contributed by atoms with Crippen LogP contribution in [0.3, 0.4) is 0 Å². The molecule has 1 aromatic rings. The second kappa shape index (κ2) is 7.75. The van der Waals surface area contributed by atoms with Crippen LogP contribution in [-0.4, -0.2) is 39.8 Å². The molecule has 0 saturated carbocycles. The lowest BCUT2D eigenvalue weighted by atomic mass is 10.1. The molecule has 1 aromatic carbocycles. The van der Waals surface area contributed by atoms with Crippen molar-refractivity contribution in [3.63, 3.8) is 0 Å². The molecule has 0 aliphatic carbocycles. The van der Waals surface area contributed by atoms with E-state index in [0.29, 0.717) is 13.1 Å². The van der Waals surface area contributed by atoms with E-state index in [1.54, 1.807) is 14.2 Å². The number of hydrogen-bond donors (Lipinski definition) is 2. The molecule has 2 atom stereocenters. The number of rotatable bonds is 7. The molecule has 5 nitrogen and oxygen atoms in total. The molecule has 20 heavy (non-hydrogen) atoms. The summed E-state index contributed by atoms with van der Waals surface area (Å²) in [6, 6.07) is 5.63. The van der Waals surface area contributed by atoms with E-state index >= 15 is 0 Å². The predicted octanol–water partition coefficient (Wildman–Crippen LogP) is 0.243. The number of amides is 1. The van der Waals surface area contributed by atoms with Crippen molar-refractivity contribution in [2.24, 2.45) is 0 Å². The van der Waals surface area contributed by atoms with Gasteiger partial charge in [-0.3, -0.25) is 4.79 Å². The summed E-state index contributed by atoms with van der Waals surface area (Å²) in [7, 11) is 5.27. The highest BCUT2D eigenvalue weighted by Crippen LogP contribution is 2.23. The number of ether oxygens (including phenoxy) is 2. The Morgan fingerprint density at radius 2 is 2.05 bits per heavy atom. The van der Waals surface area contributed by atoms with Gasteiger partial charge in [0.15, 0.2) is 6.04 Å². The van der Waals surface area contributed by atoms with Crippen molar-refractivity contribution in [2.45, 2.75) is 26.4 Å². The monoisotopic (exact) mass is 281 g/mol. The van der Waals surface area contributed by atoms with E-state index in [-0.39, 0.29) is 11.9 Å². The maximum Gasteiger partial charge on any atom is 0.278 e. The van der Waals surface area contributed by atoms with Crippen LogP contribution in [0.15, 0.2) is 18.2 Å². The summed E-state index contributed by atoms with van der Waals surface area (Å²) in [4.78, 5) is 13.0. The van der Waals surface area contributed by atoms with Crippen molar-refractivity contribution in [3.8, 4) is 11.5 Å². The molecule has 0 aromatic heterocycles. The van der Waals surface area contributed by atoms with Gasteiger partial charge < -0.3 is 19.7 Å². The van der Waals surface area contributed by atoms with E-state index in [4.69, 9.17) is 9.47 Å². The maximum absolute atomic E-state index is 11.8. The Kier molecular flexibility index (Phi) is 6.31. The summed E-state index contributed by atoms with van der Waals surface area (Å²) >= 11 is 0. The molecule has 2 N–H and O–H groups in total. The Bertz CT molecular complexity index is 449. The van der Waals surface area contributed by atoms with E-state index in [0.717, 1.165) is 22.0 Å². The molecule has 112 valence electrons. The smallest absolute Gasteiger partial charge is 0.278 e. The Morgan fingerprint density at radius 1 is 1.35 bits per heavy atom. The zero-order valence-corrected chi connectivity index (χ0v) is 12.9. The van der Waals surface area contributed by atoms with Crippen LogP contribution in [0, 0.1) is 0 Å². The van der Waals surface area contributed by atoms with Gasteiger partial charge in [-0.2, -0.15) is 0 Å². The van der Waals surface area contributed by atoms with Crippen molar-refractivity contribution in [1.82, 2.24) is 5.32 Å². The number of quaternary nitrogens is 1. The quantitative estimate of drug-likeness (QED) is 0.753. The van der Waals surface area contributed by atoms with Crippen LogP contribution >= 0.6 is 0 Å². The molecule has 0 spiro atoms. The van der Waals surface area contributed by atoms with Gasteiger partial charge in [0.05, 0.1) is 21.3 Å². The molecule has 0 bridgehead atoms. The average Bonchev–Trinajstić information content (AvgIpc) is 2.46. The van der Waals surface area contributed by atoms with Crippen LogP contribution < -0.4 is 19.7 Å². The average molecular weight is 281 g/mol. The fourth-order valence-corrected chi connectivity index (χ4v) is 2.00. The molecule has 5 heteroatoms. The van der Waals surface area contributed by atoms with Gasteiger partial charge in [-0.1, -0.05) is 0 Å². The molecule has 0 heterocycles. The van der Waals surface area contributed by atoms with Crippen molar-refractivity contribution in [2.75, 3.05) is 27.8 Å². The van der Waals surface area contributed by atoms with Gasteiger partial charge in [0, 0.05) is 18.2 Å². The summed E-state index contributed by atoms with van der Waals surface area (Å²) in [5.74, 6) is 1.62. The Morgan fingerprint density at radius 3 is 2.60 bits per heavy atom. The number of benzene rings is 1. The minimum atomic E-state index is -0.109. The largest absolute Gasteiger partial charge is 0.497 e. The zero-order valence-electron chi connectivity index (χ0n) is 12.9. The standard InChI is InChI=1S/C15H24N2O3/c1-6-16-15(18)11(2)17(3)10-12-7-8-13(19-4)9-14(12)20-5/h7-9,11H,6,10H2,1-5H3,(H,16,18)/p+1/t11-/m1/s1. The van der Waals surface area contributed by atoms with Gasteiger partial charge >= 0.3 is 0 Å². The third-order valence-electron chi connectivity index (χ3n) is 3.45. The van der Waals surface area contributed by atoms with Crippen molar-refractivity contribution in [3.05, 3.63) is 23.8 Å². The molecule has 0 saturated heterocycles. The lowest BCUT2D eigenvalue weighted by molar-refractivity contribution is -0.908. The molecule has 0 fully saturated rings.